The fraction of sp³-hybridized carbons (Fsp3) is 0.368. The van der Waals surface area contributed by atoms with Gasteiger partial charge in [-0.2, -0.15) is 8.42 Å². The highest BCUT2D eigenvalue weighted by Crippen LogP contribution is 2.39. The van der Waals surface area contributed by atoms with Crippen molar-refractivity contribution in [1.82, 2.24) is 0 Å². The van der Waals surface area contributed by atoms with Gasteiger partial charge in [0.1, 0.15) is 19.1 Å². The van der Waals surface area contributed by atoms with Crippen LogP contribution in [0.5, 0.6) is 0 Å². The van der Waals surface area contributed by atoms with Crippen molar-refractivity contribution in [3.63, 3.8) is 0 Å². The molecule has 1 atom stereocenters. The second-order valence-corrected chi connectivity index (χ2v) is 10.4. The van der Waals surface area contributed by atoms with Crippen molar-refractivity contribution in [3.05, 3.63) is 70.7 Å². The van der Waals surface area contributed by atoms with E-state index in [1.54, 1.807) is 0 Å². The topological polar surface area (TPSA) is 110 Å². The summed E-state index contributed by atoms with van der Waals surface area (Å²) in [6.07, 6.45) is 0.840. The molecule has 1 heterocycles. The third kappa shape index (κ3) is 7.31. The molecule has 0 N–H and O–H groups in total. The number of hydrogen-bond donors (Lipinski definition) is 0. The molecule has 2 aromatic carbocycles. The molecule has 11 heteroatoms. The average molecular weight is 478 g/mol. The van der Waals surface area contributed by atoms with E-state index in [1.807, 2.05) is 42.5 Å². The van der Waals surface area contributed by atoms with E-state index < -0.39 is 20.5 Å². The third-order valence-corrected chi connectivity index (χ3v) is 5.96. The lowest BCUT2D eigenvalue weighted by molar-refractivity contribution is -0.976. The first kappa shape index (κ1) is 24.7. The summed E-state index contributed by atoms with van der Waals surface area (Å²) in [4.78, 5) is 0. The van der Waals surface area contributed by atoms with Gasteiger partial charge in [0, 0.05) is 16.1 Å². The van der Waals surface area contributed by atoms with Gasteiger partial charge < -0.3 is 9.04 Å². The molecule has 2 aromatic rings. The zero-order valence-electron chi connectivity index (χ0n) is 16.8. The van der Waals surface area contributed by atoms with Gasteiger partial charge in [-0.25, -0.2) is 8.42 Å². The molecule has 0 aliphatic carbocycles. The highest BCUT2D eigenvalue weighted by atomic mass is 35.5. The molecule has 0 saturated carbocycles. The Balaban J connectivity index is 0.000000469. The largest absolute Gasteiger partial charge is 0.726 e. The van der Waals surface area contributed by atoms with Crippen molar-refractivity contribution in [3.8, 4) is 0 Å². The van der Waals surface area contributed by atoms with Crippen molar-refractivity contribution in [2.45, 2.75) is 12.1 Å². The number of nitrogens with zero attached hydrogens (tertiary/aromatic N) is 1. The Labute approximate surface area is 182 Å². The van der Waals surface area contributed by atoms with Crippen LogP contribution in [0, 0.1) is 0 Å². The van der Waals surface area contributed by atoms with E-state index in [0.29, 0.717) is 22.6 Å². The van der Waals surface area contributed by atoms with Crippen molar-refractivity contribution >= 4 is 32.1 Å². The van der Waals surface area contributed by atoms with Gasteiger partial charge in [-0.3, -0.25) is 8.37 Å². The van der Waals surface area contributed by atoms with Crippen molar-refractivity contribution in [2.75, 3.05) is 33.5 Å². The molecule has 1 fully saturated rings. The normalized spacial score (nSPS) is 22.4. The summed E-state index contributed by atoms with van der Waals surface area (Å²) in [5.41, 5.74) is 2.35. The molecule has 0 radical (unpaired) electrons. The summed E-state index contributed by atoms with van der Waals surface area (Å²) >= 11 is 6.03. The lowest BCUT2D eigenvalue weighted by Gasteiger charge is -2.51. The van der Waals surface area contributed by atoms with Crippen LogP contribution < -0.4 is 0 Å². The Bertz CT molecular complexity index is 1040. The van der Waals surface area contributed by atoms with Crippen LogP contribution >= 0.6 is 11.6 Å². The Kier molecular flexibility index (Phi) is 8.03. The Morgan fingerprint density at radius 2 is 1.47 bits per heavy atom. The maximum atomic E-state index is 11.3. The van der Waals surface area contributed by atoms with Crippen molar-refractivity contribution in [2.24, 2.45) is 0 Å². The van der Waals surface area contributed by atoms with E-state index in [-0.39, 0.29) is 12.1 Å². The minimum absolute atomic E-state index is 0.114. The van der Waals surface area contributed by atoms with Crippen LogP contribution in [0.1, 0.15) is 17.2 Å². The zero-order valence-corrected chi connectivity index (χ0v) is 19.2. The number of quaternary nitrogens is 1. The van der Waals surface area contributed by atoms with E-state index in [2.05, 4.69) is 23.4 Å². The molecule has 1 unspecified atom stereocenters. The fourth-order valence-corrected chi connectivity index (χ4v) is 4.33. The summed E-state index contributed by atoms with van der Waals surface area (Å²) < 4.78 is 59.6. The minimum atomic E-state index is -4.41. The molecule has 0 bridgehead atoms. The number of likely N-dealkylation sites (N-methyl/N-ethyl adjacent to an activating group) is 1. The molecule has 166 valence electrons. The van der Waals surface area contributed by atoms with Gasteiger partial charge >= 0.3 is 0 Å². The SMILES string of the molecule is COS(=O)(=O)[O-].C[N+]1(C(c2ccccc2)c2ccc(Cl)cc2)CC(OS(C)(=O)=O)C1. The van der Waals surface area contributed by atoms with Gasteiger partial charge in [0.2, 0.25) is 10.4 Å². The summed E-state index contributed by atoms with van der Waals surface area (Å²) in [6, 6.07) is 18.2. The lowest BCUT2D eigenvalue weighted by Crippen LogP contribution is -2.66. The molecule has 30 heavy (non-hydrogen) atoms. The van der Waals surface area contributed by atoms with Gasteiger partial charge in [0.25, 0.3) is 10.1 Å². The average Bonchev–Trinajstić information content (AvgIpc) is 2.62. The van der Waals surface area contributed by atoms with Crippen LogP contribution in [0.2, 0.25) is 5.02 Å². The second kappa shape index (κ2) is 9.73. The molecule has 0 amide bonds. The van der Waals surface area contributed by atoms with Crippen molar-refractivity contribution < 1.29 is 34.2 Å². The van der Waals surface area contributed by atoms with Crippen molar-refractivity contribution in [1.29, 1.82) is 0 Å². The van der Waals surface area contributed by atoms with Crippen LogP contribution in [-0.4, -0.2) is 65.5 Å². The second-order valence-electron chi connectivity index (χ2n) is 7.21. The van der Waals surface area contributed by atoms with E-state index in [0.717, 1.165) is 18.9 Å². The van der Waals surface area contributed by atoms with E-state index >= 15 is 0 Å². The van der Waals surface area contributed by atoms with Crippen LogP contribution in [-0.2, 0) is 28.9 Å². The van der Waals surface area contributed by atoms with Crippen LogP contribution in [0.25, 0.3) is 0 Å². The highest BCUT2D eigenvalue weighted by Gasteiger charge is 2.49. The summed E-state index contributed by atoms with van der Waals surface area (Å²) in [5, 5.41) is 0.704. The van der Waals surface area contributed by atoms with Gasteiger partial charge in [0.05, 0.1) is 20.4 Å². The molecular formula is C19H24ClNO7S2. The standard InChI is InChI=1S/C18H21ClNO3S.CH4O4S/c1-20(12-17(13-20)23-24(2,21)22)18(14-6-4-3-5-7-14)15-8-10-16(19)11-9-15;1-5-6(2,3)4/h3-11,17-18H,12-13H2,1-2H3;1H3,(H,2,3,4)/q+1;/p-1. The van der Waals surface area contributed by atoms with Crippen LogP contribution in [0.3, 0.4) is 0 Å². The molecule has 3 rings (SSSR count). The third-order valence-electron chi connectivity index (χ3n) is 4.68. The molecule has 1 aliphatic heterocycles. The first-order chi connectivity index (χ1) is 13.8. The first-order valence-electron chi connectivity index (χ1n) is 8.87. The van der Waals surface area contributed by atoms with Gasteiger partial charge in [0.15, 0.2) is 6.10 Å². The molecule has 0 aromatic heterocycles. The zero-order chi connectivity index (χ0) is 22.6. The number of rotatable bonds is 6. The number of likely N-dealkylation sites (tertiary alicyclic amines) is 1. The maximum absolute atomic E-state index is 11.3. The summed E-state index contributed by atoms with van der Waals surface area (Å²) in [6.45, 7) is 1.30. The Hall–Kier alpha value is -1.53. The smallest absolute Gasteiger partial charge is 0.265 e. The quantitative estimate of drug-likeness (QED) is 0.272. The van der Waals surface area contributed by atoms with Crippen LogP contribution in [0.4, 0.5) is 0 Å². The summed E-state index contributed by atoms with van der Waals surface area (Å²) in [5.74, 6) is 0. The predicted octanol–water partition coefficient (Wildman–Crippen LogP) is 2.33. The molecule has 1 aliphatic rings. The van der Waals surface area contributed by atoms with E-state index in [1.165, 1.54) is 5.56 Å². The summed E-state index contributed by atoms with van der Waals surface area (Å²) in [7, 11) is -4.89. The predicted molar refractivity (Wildman–Crippen MR) is 112 cm³/mol. The lowest BCUT2D eigenvalue weighted by atomic mass is 9.91. The molecular weight excluding hydrogens is 454 g/mol. The maximum Gasteiger partial charge on any atom is 0.265 e. The van der Waals surface area contributed by atoms with Gasteiger partial charge in [-0.05, 0) is 12.1 Å². The molecule has 0 spiro atoms. The monoisotopic (exact) mass is 477 g/mol. The van der Waals surface area contributed by atoms with Gasteiger partial charge in [-0.1, -0.05) is 54.1 Å². The number of halogens is 1. The number of benzene rings is 2. The molecule has 1 saturated heterocycles. The Morgan fingerprint density at radius 3 is 1.90 bits per heavy atom. The fourth-order valence-electron chi connectivity index (χ4n) is 3.59. The van der Waals surface area contributed by atoms with E-state index in [4.69, 9.17) is 15.8 Å². The highest BCUT2D eigenvalue weighted by molar-refractivity contribution is 7.86. The Morgan fingerprint density at radius 1 is 1.00 bits per heavy atom. The van der Waals surface area contributed by atoms with Gasteiger partial charge in [-0.15, -0.1) is 0 Å². The first-order valence-corrected chi connectivity index (χ1v) is 12.4. The minimum Gasteiger partial charge on any atom is -0.726 e. The number of hydrogen-bond acceptors (Lipinski definition) is 7. The van der Waals surface area contributed by atoms with Crippen LogP contribution in [0.15, 0.2) is 54.6 Å². The van der Waals surface area contributed by atoms with E-state index in [9.17, 15) is 21.4 Å². The molecule has 8 nitrogen and oxygen atoms in total.